The molecule has 0 saturated carbocycles. The van der Waals surface area contributed by atoms with E-state index in [1.165, 1.54) is 0 Å². The molecule has 1 heterocycles. The van der Waals surface area contributed by atoms with Crippen LogP contribution >= 0.6 is 0 Å². The maximum atomic E-state index is 9.48. The van der Waals surface area contributed by atoms with E-state index < -0.39 is 0 Å². The van der Waals surface area contributed by atoms with Crippen LogP contribution in [0.2, 0.25) is 0 Å². The van der Waals surface area contributed by atoms with Crippen molar-refractivity contribution in [3.63, 3.8) is 0 Å². The molecular weight excluding hydrogens is 312 g/mol. The molecule has 0 unspecified atom stereocenters. The largest absolute Gasteiger partial charge is 0.508 e. The van der Waals surface area contributed by atoms with Gasteiger partial charge in [0, 0.05) is 17.0 Å². The second-order valence-corrected chi connectivity index (χ2v) is 5.63. The summed E-state index contributed by atoms with van der Waals surface area (Å²) in [5.41, 5.74) is 5.63. The van der Waals surface area contributed by atoms with E-state index in [9.17, 15) is 5.11 Å². The molecule has 4 aromatic rings. The van der Waals surface area contributed by atoms with Crippen LogP contribution in [0.15, 0.2) is 94.4 Å². The number of rotatable bonds is 3. The Morgan fingerprint density at radius 2 is 1.52 bits per heavy atom. The van der Waals surface area contributed by atoms with Crippen LogP contribution in [-0.2, 0) is 0 Å². The second-order valence-electron chi connectivity index (χ2n) is 5.63. The number of benzene rings is 3. The zero-order valence-electron chi connectivity index (χ0n) is 13.4. The van der Waals surface area contributed by atoms with Crippen LogP contribution in [0.1, 0.15) is 0 Å². The Balaban J connectivity index is 1.85. The summed E-state index contributed by atoms with van der Waals surface area (Å²) in [6.45, 7) is 0. The minimum Gasteiger partial charge on any atom is -0.508 e. The minimum atomic E-state index is 0.222. The standard InChI is InChI=1S/C21H16N2O2/c24-17-12-10-15(11-13-17)21-14-19(18-8-4-5-9-20(18)25-21)23-22-16-6-2-1-3-7-16/h1-14,22,24H/b23-19-. The summed E-state index contributed by atoms with van der Waals surface area (Å²) in [5, 5.41) is 15.7. The van der Waals surface area contributed by atoms with Gasteiger partial charge in [0.05, 0.1) is 11.0 Å². The first-order valence-corrected chi connectivity index (χ1v) is 7.97. The maximum absolute atomic E-state index is 9.48. The molecule has 4 nitrogen and oxygen atoms in total. The first kappa shape index (κ1) is 15.0. The molecule has 122 valence electrons. The number of hydrogen-bond donors (Lipinski definition) is 2. The minimum absolute atomic E-state index is 0.222. The average Bonchev–Trinajstić information content (AvgIpc) is 2.67. The summed E-state index contributed by atoms with van der Waals surface area (Å²) < 4.78 is 6.01. The number of hydrogen-bond acceptors (Lipinski definition) is 4. The number of nitrogens with zero attached hydrogens (tertiary/aromatic N) is 1. The highest BCUT2D eigenvalue weighted by Gasteiger charge is 2.06. The molecule has 0 amide bonds. The number of para-hydroxylation sites is 2. The number of anilines is 1. The molecule has 0 bridgehead atoms. The number of phenols is 1. The van der Waals surface area contributed by atoms with E-state index >= 15 is 0 Å². The van der Waals surface area contributed by atoms with E-state index in [-0.39, 0.29) is 5.75 Å². The fraction of sp³-hybridized carbons (Fsp3) is 0. The SMILES string of the molecule is Oc1ccc(-c2c/c(=N/Nc3ccccc3)c3ccccc3o2)cc1. The third-order valence-electron chi connectivity index (χ3n) is 3.88. The topological polar surface area (TPSA) is 57.8 Å². The van der Waals surface area contributed by atoms with Crippen molar-refractivity contribution >= 4 is 16.7 Å². The van der Waals surface area contributed by atoms with Crippen LogP contribution in [0.5, 0.6) is 5.75 Å². The van der Waals surface area contributed by atoms with Crippen LogP contribution in [0, 0.1) is 0 Å². The Kier molecular flexibility index (Phi) is 3.92. The normalized spacial score (nSPS) is 11.6. The summed E-state index contributed by atoms with van der Waals surface area (Å²) in [4.78, 5) is 0. The Bertz CT molecular complexity index is 1070. The van der Waals surface area contributed by atoms with Gasteiger partial charge < -0.3 is 9.52 Å². The third-order valence-corrected chi connectivity index (χ3v) is 3.88. The number of fused-ring (bicyclic) bond motifs is 1. The molecule has 3 aromatic carbocycles. The van der Waals surface area contributed by atoms with Gasteiger partial charge in [-0.15, -0.1) is 0 Å². The Hall–Kier alpha value is -3.53. The Morgan fingerprint density at radius 3 is 2.32 bits per heavy atom. The molecule has 0 saturated heterocycles. The highest BCUT2D eigenvalue weighted by molar-refractivity contribution is 5.78. The molecule has 0 aliphatic carbocycles. The quantitative estimate of drug-likeness (QED) is 0.534. The van der Waals surface area contributed by atoms with Crippen molar-refractivity contribution in [2.45, 2.75) is 0 Å². The highest BCUT2D eigenvalue weighted by atomic mass is 16.3. The van der Waals surface area contributed by atoms with Gasteiger partial charge in [0.2, 0.25) is 0 Å². The smallest absolute Gasteiger partial charge is 0.136 e. The van der Waals surface area contributed by atoms with Crippen LogP contribution in [0.25, 0.3) is 22.3 Å². The van der Waals surface area contributed by atoms with Gasteiger partial charge in [0.1, 0.15) is 17.1 Å². The molecule has 0 spiro atoms. The van der Waals surface area contributed by atoms with E-state index in [4.69, 9.17) is 4.42 Å². The highest BCUT2D eigenvalue weighted by Crippen LogP contribution is 2.23. The van der Waals surface area contributed by atoms with Gasteiger partial charge in [-0.3, -0.25) is 5.43 Å². The molecule has 25 heavy (non-hydrogen) atoms. The van der Waals surface area contributed by atoms with Gasteiger partial charge in [0.25, 0.3) is 0 Å². The summed E-state index contributed by atoms with van der Waals surface area (Å²) >= 11 is 0. The monoisotopic (exact) mass is 328 g/mol. The lowest BCUT2D eigenvalue weighted by molar-refractivity contribution is 0.475. The molecule has 2 N–H and O–H groups in total. The predicted molar refractivity (Wildman–Crippen MR) is 98.9 cm³/mol. The molecular formula is C21H16N2O2. The summed E-state index contributed by atoms with van der Waals surface area (Å²) in [5.74, 6) is 0.910. The zero-order valence-corrected chi connectivity index (χ0v) is 13.4. The fourth-order valence-electron chi connectivity index (χ4n) is 2.62. The van der Waals surface area contributed by atoms with Crippen molar-refractivity contribution < 1.29 is 9.52 Å². The van der Waals surface area contributed by atoms with Crippen molar-refractivity contribution in [2.75, 3.05) is 5.43 Å². The van der Waals surface area contributed by atoms with Gasteiger partial charge in [-0.25, -0.2) is 0 Å². The molecule has 0 aliphatic heterocycles. The molecule has 1 aromatic heterocycles. The van der Waals surface area contributed by atoms with E-state index in [1.807, 2.05) is 72.8 Å². The van der Waals surface area contributed by atoms with E-state index in [0.29, 0.717) is 5.76 Å². The van der Waals surface area contributed by atoms with Crippen molar-refractivity contribution in [3.05, 3.63) is 90.3 Å². The van der Waals surface area contributed by atoms with Gasteiger partial charge in [-0.2, -0.15) is 5.10 Å². The molecule has 0 radical (unpaired) electrons. The molecule has 0 aliphatic rings. The fourth-order valence-corrected chi connectivity index (χ4v) is 2.62. The summed E-state index contributed by atoms with van der Waals surface area (Å²) in [6, 6.07) is 26.4. The van der Waals surface area contributed by atoms with Crippen LogP contribution in [0.4, 0.5) is 5.69 Å². The van der Waals surface area contributed by atoms with Crippen LogP contribution in [-0.4, -0.2) is 5.11 Å². The lowest BCUT2D eigenvalue weighted by Gasteiger charge is -2.06. The third kappa shape index (κ3) is 3.23. The van der Waals surface area contributed by atoms with E-state index in [2.05, 4.69) is 10.5 Å². The lowest BCUT2D eigenvalue weighted by Crippen LogP contribution is -2.07. The summed E-state index contributed by atoms with van der Waals surface area (Å²) in [7, 11) is 0. The Labute approximate surface area is 144 Å². The molecule has 0 atom stereocenters. The molecule has 4 heteroatoms. The van der Waals surface area contributed by atoms with Crippen molar-refractivity contribution in [1.29, 1.82) is 0 Å². The maximum Gasteiger partial charge on any atom is 0.136 e. The van der Waals surface area contributed by atoms with Crippen LogP contribution in [0.3, 0.4) is 0 Å². The molecule has 0 fully saturated rings. The van der Waals surface area contributed by atoms with Crippen molar-refractivity contribution in [2.24, 2.45) is 5.10 Å². The lowest BCUT2D eigenvalue weighted by atomic mass is 10.1. The zero-order chi connectivity index (χ0) is 17.1. The number of aromatic hydroxyl groups is 1. The van der Waals surface area contributed by atoms with Crippen molar-refractivity contribution in [3.8, 4) is 17.1 Å². The average molecular weight is 328 g/mol. The first-order chi connectivity index (χ1) is 12.3. The van der Waals surface area contributed by atoms with Crippen LogP contribution < -0.4 is 10.8 Å². The number of nitrogens with one attached hydrogen (secondary N) is 1. The van der Waals surface area contributed by atoms with Gasteiger partial charge in [-0.05, 0) is 48.5 Å². The first-order valence-electron chi connectivity index (χ1n) is 7.97. The summed E-state index contributed by atoms with van der Waals surface area (Å²) in [6.07, 6.45) is 0. The van der Waals surface area contributed by atoms with E-state index in [1.54, 1.807) is 12.1 Å². The second kappa shape index (κ2) is 6.53. The van der Waals surface area contributed by atoms with Gasteiger partial charge in [0.15, 0.2) is 0 Å². The van der Waals surface area contributed by atoms with Gasteiger partial charge in [-0.1, -0.05) is 30.3 Å². The van der Waals surface area contributed by atoms with Crippen molar-refractivity contribution in [1.82, 2.24) is 0 Å². The predicted octanol–water partition coefficient (Wildman–Crippen LogP) is 4.73. The van der Waals surface area contributed by atoms with Gasteiger partial charge >= 0.3 is 0 Å². The van der Waals surface area contributed by atoms with E-state index in [0.717, 1.165) is 27.6 Å². The number of phenolic OH excluding ortho intramolecular Hbond substituents is 1. The molecule has 4 rings (SSSR count). The Morgan fingerprint density at radius 1 is 0.800 bits per heavy atom.